The molecule has 0 N–H and O–H groups in total. The smallest absolute Gasteiger partial charge is 0.307 e. The predicted octanol–water partition coefficient (Wildman–Crippen LogP) is 4.06. The van der Waals surface area contributed by atoms with Gasteiger partial charge in [0.1, 0.15) is 5.75 Å². The fourth-order valence-electron chi connectivity index (χ4n) is 2.50. The van der Waals surface area contributed by atoms with Crippen LogP contribution in [0.25, 0.3) is 0 Å². The SMILES string of the molecule is CCCCCCN(CCC(=O)OC)C(=O)c1ccc(OC(C)C)cc1. The van der Waals surface area contributed by atoms with Crippen LogP contribution in [-0.4, -0.2) is 43.1 Å². The molecule has 0 atom stereocenters. The van der Waals surface area contributed by atoms with Gasteiger partial charge in [0.15, 0.2) is 0 Å². The van der Waals surface area contributed by atoms with E-state index in [9.17, 15) is 9.59 Å². The van der Waals surface area contributed by atoms with Crippen molar-refractivity contribution in [3.63, 3.8) is 0 Å². The molecule has 0 heterocycles. The van der Waals surface area contributed by atoms with Crippen LogP contribution in [0.1, 0.15) is 63.2 Å². The van der Waals surface area contributed by atoms with Gasteiger partial charge < -0.3 is 14.4 Å². The van der Waals surface area contributed by atoms with Gasteiger partial charge in [-0.1, -0.05) is 26.2 Å². The van der Waals surface area contributed by atoms with Crippen LogP contribution in [-0.2, 0) is 9.53 Å². The maximum atomic E-state index is 12.8. The molecule has 0 aromatic heterocycles. The Kier molecular flexibility index (Phi) is 9.66. The number of nitrogens with zero attached hydrogens (tertiary/aromatic N) is 1. The molecule has 0 saturated heterocycles. The lowest BCUT2D eigenvalue weighted by Gasteiger charge is -2.22. The van der Waals surface area contributed by atoms with Crippen LogP contribution in [0.4, 0.5) is 0 Å². The van der Waals surface area contributed by atoms with Crippen molar-refractivity contribution in [2.75, 3.05) is 20.2 Å². The highest BCUT2D eigenvalue weighted by atomic mass is 16.5. The Morgan fingerprint density at radius 2 is 1.72 bits per heavy atom. The lowest BCUT2D eigenvalue weighted by Crippen LogP contribution is -2.34. The summed E-state index contributed by atoms with van der Waals surface area (Å²) in [6.45, 7) is 7.11. The molecule has 0 radical (unpaired) electrons. The van der Waals surface area contributed by atoms with Gasteiger partial charge in [-0.2, -0.15) is 0 Å². The standard InChI is InChI=1S/C20H31NO4/c1-5-6-7-8-14-21(15-13-19(22)24-4)20(23)17-9-11-18(12-10-17)25-16(2)3/h9-12,16H,5-8,13-15H2,1-4H3. The van der Waals surface area contributed by atoms with E-state index in [1.165, 1.54) is 7.11 Å². The molecular formula is C20H31NO4. The second-order valence-electron chi connectivity index (χ2n) is 6.37. The molecule has 1 rings (SSSR count). The molecular weight excluding hydrogens is 318 g/mol. The van der Waals surface area contributed by atoms with Gasteiger partial charge in [0, 0.05) is 18.7 Å². The van der Waals surface area contributed by atoms with Gasteiger partial charge in [0.25, 0.3) is 5.91 Å². The van der Waals surface area contributed by atoms with Gasteiger partial charge in [-0.25, -0.2) is 0 Å². The predicted molar refractivity (Wildman–Crippen MR) is 98.9 cm³/mol. The number of esters is 1. The fraction of sp³-hybridized carbons (Fsp3) is 0.600. The number of amides is 1. The summed E-state index contributed by atoms with van der Waals surface area (Å²) in [5, 5.41) is 0. The molecule has 0 aliphatic heterocycles. The minimum absolute atomic E-state index is 0.0588. The van der Waals surface area contributed by atoms with Crippen LogP contribution in [0.5, 0.6) is 5.75 Å². The summed E-state index contributed by atoms with van der Waals surface area (Å²) in [7, 11) is 1.36. The van der Waals surface area contributed by atoms with Crippen molar-refractivity contribution in [2.24, 2.45) is 0 Å². The number of carbonyl (C=O) groups excluding carboxylic acids is 2. The van der Waals surface area contributed by atoms with E-state index in [4.69, 9.17) is 4.74 Å². The number of ether oxygens (including phenoxy) is 2. The average molecular weight is 349 g/mol. The van der Waals surface area contributed by atoms with E-state index in [0.29, 0.717) is 18.7 Å². The summed E-state index contributed by atoms with van der Waals surface area (Å²) in [6, 6.07) is 7.17. The van der Waals surface area contributed by atoms with E-state index >= 15 is 0 Å². The summed E-state index contributed by atoms with van der Waals surface area (Å²) in [4.78, 5) is 25.9. The molecule has 0 bridgehead atoms. The summed E-state index contributed by atoms with van der Waals surface area (Å²) >= 11 is 0. The molecule has 140 valence electrons. The highest BCUT2D eigenvalue weighted by Crippen LogP contribution is 2.16. The molecule has 0 saturated carbocycles. The second kappa shape index (κ2) is 11.5. The third-order valence-electron chi connectivity index (χ3n) is 3.86. The van der Waals surface area contributed by atoms with Crippen LogP contribution >= 0.6 is 0 Å². The Hall–Kier alpha value is -2.04. The van der Waals surface area contributed by atoms with E-state index in [1.54, 1.807) is 17.0 Å². The quantitative estimate of drug-likeness (QED) is 0.446. The van der Waals surface area contributed by atoms with Crippen molar-refractivity contribution in [3.05, 3.63) is 29.8 Å². The third-order valence-corrected chi connectivity index (χ3v) is 3.86. The number of hydrogen-bond acceptors (Lipinski definition) is 4. The first-order valence-corrected chi connectivity index (χ1v) is 9.10. The lowest BCUT2D eigenvalue weighted by atomic mass is 10.1. The topological polar surface area (TPSA) is 55.8 Å². The monoisotopic (exact) mass is 349 g/mol. The molecule has 0 aliphatic rings. The summed E-state index contributed by atoms with van der Waals surface area (Å²) < 4.78 is 10.3. The summed E-state index contributed by atoms with van der Waals surface area (Å²) in [6.07, 6.45) is 4.63. The minimum atomic E-state index is -0.299. The van der Waals surface area contributed by atoms with E-state index in [0.717, 1.165) is 31.4 Å². The molecule has 1 amide bonds. The minimum Gasteiger partial charge on any atom is -0.491 e. The highest BCUT2D eigenvalue weighted by molar-refractivity contribution is 5.94. The van der Waals surface area contributed by atoms with Crippen LogP contribution in [0.3, 0.4) is 0 Å². The number of carbonyl (C=O) groups is 2. The molecule has 25 heavy (non-hydrogen) atoms. The Bertz CT molecular complexity index is 525. The van der Waals surface area contributed by atoms with E-state index < -0.39 is 0 Å². The Balaban J connectivity index is 2.73. The van der Waals surface area contributed by atoms with E-state index in [1.807, 2.05) is 26.0 Å². The number of benzene rings is 1. The first kappa shape index (κ1) is 21.0. The van der Waals surface area contributed by atoms with Crippen molar-refractivity contribution in [1.82, 2.24) is 4.90 Å². The Morgan fingerprint density at radius 3 is 2.28 bits per heavy atom. The van der Waals surface area contributed by atoms with Gasteiger partial charge in [-0.05, 0) is 44.5 Å². The van der Waals surface area contributed by atoms with Gasteiger partial charge >= 0.3 is 5.97 Å². The molecule has 0 fully saturated rings. The zero-order valence-electron chi connectivity index (χ0n) is 15.9. The van der Waals surface area contributed by atoms with Crippen LogP contribution < -0.4 is 4.74 Å². The largest absolute Gasteiger partial charge is 0.491 e. The first-order valence-electron chi connectivity index (χ1n) is 9.10. The summed E-state index contributed by atoms with van der Waals surface area (Å²) in [5.74, 6) is 0.388. The van der Waals surface area contributed by atoms with Crippen molar-refractivity contribution < 1.29 is 19.1 Å². The average Bonchev–Trinajstić information content (AvgIpc) is 2.60. The van der Waals surface area contributed by atoms with Gasteiger partial charge in [-0.3, -0.25) is 9.59 Å². The molecule has 1 aromatic rings. The molecule has 0 aliphatic carbocycles. The molecule has 5 heteroatoms. The van der Waals surface area contributed by atoms with Crippen molar-refractivity contribution in [1.29, 1.82) is 0 Å². The van der Waals surface area contributed by atoms with Crippen molar-refractivity contribution in [3.8, 4) is 5.75 Å². The zero-order chi connectivity index (χ0) is 18.7. The second-order valence-corrected chi connectivity index (χ2v) is 6.37. The third kappa shape index (κ3) is 8.05. The van der Waals surface area contributed by atoms with Gasteiger partial charge in [-0.15, -0.1) is 0 Å². The maximum absolute atomic E-state index is 12.8. The molecule has 5 nitrogen and oxygen atoms in total. The molecule has 0 spiro atoms. The lowest BCUT2D eigenvalue weighted by molar-refractivity contribution is -0.140. The number of methoxy groups -OCH3 is 1. The van der Waals surface area contributed by atoms with Crippen molar-refractivity contribution >= 4 is 11.9 Å². The van der Waals surface area contributed by atoms with Crippen LogP contribution in [0.2, 0.25) is 0 Å². The molecule has 1 aromatic carbocycles. The van der Waals surface area contributed by atoms with Gasteiger partial charge in [0.05, 0.1) is 19.6 Å². The fourth-order valence-corrected chi connectivity index (χ4v) is 2.50. The Labute approximate surface area is 151 Å². The zero-order valence-corrected chi connectivity index (χ0v) is 15.9. The van der Waals surface area contributed by atoms with Crippen LogP contribution in [0.15, 0.2) is 24.3 Å². The number of rotatable bonds is 11. The number of unbranched alkanes of at least 4 members (excludes halogenated alkanes) is 3. The first-order chi connectivity index (χ1) is 12.0. The Morgan fingerprint density at radius 1 is 1.04 bits per heavy atom. The van der Waals surface area contributed by atoms with Crippen molar-refractivity contribution in [2.45, 2.75) is 59.0 Å². The van der Waals surface area contributed by atoms with E-state index in [2.05, 4.69) is 11.7 Å². The number of hydrogen-bond donors (Lipinski definition) is 0. The summed E-state index contributed by atoms with van der Waals surface area (Å²) in [5.41, 5.74) is 0.608. The highest BCUT2D eigenvalue weighted by Gasteiger charge is 2.17. The normalized spacial score (nSPS) is 10.6. The molecule has 0 unspecified atom stereocenters. The van der Waals surface area contributed by atoms with Gasteiger partial charge in [0.2, 0.25) is 0 Å². The van der Waals surface area contributed by atoms with Crippen LogP contribution in [0, 0.1) is 0 Å². The van der Waals surface area contributed by atoms with E-state index in [-0.39, 0.29) is 24.4 Å². The maximum Gasteiger partial charge on any atom is 0.307 e.